The van der Waals surface area contributed by atoms with Gasteiger partial charge in [0.1, 0.15) is 11.6 Å². The van der Waals surface area contributed by atoms with Gasteiger partial charge >= 0.3 is 0 Å². The van der Waals surface area contributed by atoms with Crippen molar-refractivity contribution < 1.29 is 18.7 Å². The SMILES string of the molecule is O=C(Nc1ccc(Nc2ccc3c(c2)OCO3)cn1)c1c(F)cccc1Cl. The van der Waals surface area contributed by atoms with Gasteiger partial charge in [-0.15, -0.1) is 0 Å². The summed E-state index contributed by atoms with van der Waals surface area (Å²) in [5, 5.41) is 5.73. The topological polar surface area (TPSA) is 72.5 Å². The van der Waals surface area contributed by atoms with E-state index in [-0.39, 0.29) is 23.2 Å². The fraction of sp³-hybridized carbons (Fsp3) is 0.0526. The Balaban J connectivity index is 1.45. The van der Waals surface area contributed by atoms with E-state index in [1.54, 1.807) is 18.3 Å². The van der Waals surface area contributed by atoms with Crippen LogP contribution < -0.4 is 20.1 Å². The van der Waals surface area contributed by atoms with Gasteiger partial charge < -0.3 is 20.1 Å². The van der Waals surface area contributed by atoms with Crippen molar-refractivity contribution in [2.24, 2.45) is 0 Å². The summed E-state index contributed by atoms with van der Waals surface area (Å²) in [6, 6.07) is 12.9. The summed E-state index contributed by atoms with van der Waals surface area (Å²) < 4.78 is 24.4. The molecule has 0 unspecified atom stereocenters. The van der Waals surface area contributed by atoms with Gasteiger partial charge in [-0.3, -0.25) is 4.79 Å². The number of halogens is 2. The van der Waals surface area contributed by atoms with E-state index in [0.717, 1.165) is 5.69 Å². The number of ether oxygens (including phenoxy) is 2. The van der Waals surface area contributed by atoms with E-state index in [1.165, 1.54) is 18.2 Å². The minimum atomic E-state index is -0.693. The number of carbonyl (C=O) groups is 1. The molecular formula is C19H13ClFN3O3. The van der Waals surface area contributed by atoms with Gasteiger partial charge in [0.25, 0.3) is 5.91 Å². The first-order valence-electron chi connectivity index (χ1n) is 7.98. The maximum Gasteiger partial charge on any atom is 0.261 e. The summed E-state index contributed by atoms with van der Waals surface area (Å²) in [7, 11) is 0. The molecule has 6 nitrogen and oxygen atoms in total. The second-order valence-electron chi connectivity index (χ2n) is 5.68. The summed E-state index contributed by atoms with van der Waals surface area (Å²) in [5.74, 6) is 0.279. The van der Waals surface area contributed by atoms with Crippen LogP contribution in [0.15, 0.2) is 54.7 Å². The highest BCUT2D eigenvalue weighted by Gasteiger charge is 2.16. The molecule has 1 amide bonds. The number of pyridine rings is 1. The molecule has 1 aliphatic rings. The van der Waals surface area contributed by atoms with Crippen LogP contribution in [0, 0.1) is 5.82 Å². The summed E-state index contributed by atoms with van der Waals surface area (Å²) in [5.41, 5.74) is 1.29. The monoisotopic (exact) mass is 385 g/mol. The number of benzene rings is 2. The van der Waals surface area contributed by atoms with Crippen LogP contribution in [-0.4, -0.2) is 17.7 Å². The van der Waals surface area contributed by atoms with Crippen LogP contribution >= 0.6 is 11.6 Å². The zero-order valence-corrected chi connectivity index (χ0v) is 14.6. The number of hydrogen-bond acceptors (Lipinski definition) is 5. The lowest BCUT2D eigenvalue weighted by atomic mass is 10.2. The first-order valence-corrected chi connectivity index (χ1v) is 8.36. The lowest BCUT2D eigenvalue weighted by molar-refractivity contribution is 0.102. The Bertz CT molecular complexity index is 991. The number of nitrogens with one attached hydrogen (secondary N) is 2. The van der Waals surface area contributed by atoms with Gasteiger partial charge in [-0.2, -0.15) is 0 Å². The molecule has 1 aromatic heterocycles. The Hall–Kier alpha value is -3.32. The van der Waals surface area contributed by atoms with Crippen LogP contribution in [-0.2, 0) is 0 Å². The van der Waals surface area contributed by atoms with Crippen molar-refractivity contribution in [1.29, 1.82) is 0 Å². The number of nitrogens with zero attached hydrogens (tertiary/aromatic N) is 1. The van der Waals surface area contributed by atoms with Crippen LogP contribution in [0.1, 0.15) is 10.4 Å². The predicted molar refractivity (Wildman–Crippen MR) is 99.4 cm³/mol. The number of hydrogen-bond donors (Lipinski definition) is 2. The van der Waals surface area contributed by atoms with Crippen molar-refractivity contribution in [3.63, 3.8) is 0 Å². The van der Waals surface area contributed by atoms with E-state index in [4.69, 9.17) is 21.1 Å². The maximum absolute atomic E-state index is 13.8. The molecule has 0 saturated carbocycles. The summed E-state index contributed by atoms with van der Waals surface area (Å²) in [4.78, 5) is 16.4. The first kappa shape index (κ1) is 17.1. The Morgan fingerprint density at radius 1 is 1.07 bits per heavy atom. The third-order valence-electron chi connectivity index (χ3n) is 3.86. The summed E-state index contributed by atoms with van der Waals surface area (Å²) in [6.07, 6.45) is 1.54. The van der Waals surface area contributed by atoms with E-state index >= 15 is 0 Å². The third kappa shape index (κ3) is 3.63. The molecule has 2 heterocycles. The zero-order valence-electron chi connectivity index (χ0n) is 13.8. The zero-order chi connectivity index (χ0) is 18.8. The highest BCUT2D eigenvalue weighted by molar-refractivity contribution is 6.34. The van der Waals surface area contributed by atoms with E-state index in [2.05, 4.69) is 15.6 Å². The second kappa shape index (κ2) is 7.13. The fourth-order valence-electron chi connectivity index (χ4n) is 2.58. The molecule has 0 spiro atoms. The van der Waals surface area contributed by atoms with Gasteiger partial charge in [0.2, 0.25) is 6.79 Å². The second-order valence-corrected chi connectivity index (χ2v) is 6.08. The molecule has 27 heavy (non-hydrogen) atoms. The van der Waals surface area contributed by atoms with Gasteiger partial charge in [-0.1, -0.05) is 17.7 Å². The van der Waals surface area contributed by atoms with Crippen LogP contribution in [0.25, 0.3) is 0 Å². The number of carbonyl (C=O) groups excluding carboxylic acids is 1. The molecule has 0 aliphatic carbocycles. The van der Waals surface area contributed by atoms with Gasteiger partial charge in [-0.05, 0) is 36.4 Å². The molecule has 0 saturated heterocycles. The van der Waals surface area contributed by atoms with Gasteiger partial charge in [0.05, 0.1) is 22.5 Å². The summed E-state index contributed by atoms with van der Waals surface area (Å²) >= 11 is 5.90. The average molecular weight is 386 g/mol. The maximum atomic E-state index is 13.8. The minimum Gasteiger partial charge on any atom is -0.454 e. The number of rotatable bonds is 4. The fourth-order valence-corrected chi connectivity index (χ4v) is 2.83. The van der Waals surface area contributed by atoms with Crippen LogP contribution in [0.2, 0.25) is 5.02 Å². The van der Waals surface area contributed by atoms with Crippen LogP contribution in [0.3, 0.4) is 0 Å². The van der Waals surface area contributed by atoms with Gasteiger partial charge in [-0.25, -0.2) is 9.37 Å². The van der Waals surface area contributed by atoms with Crippen molar-refractivity contribution >= 4 is 34.7 Å². The number of fused-ring (bicyclic) bond motifs is 1. The number of anilines is 3. The lowest BCUT2D eigenvalue weighted by Gasteiger charge is -2.09. The standard InChI is InChI=1S/C19H13ClFN3O3/c20-13-2-1-3-14(21)18(13)19(25)24-17-7-5-12(9-22-17)23-11-4-6-15-16(8-11)27-10-26-15/h1-9,23H,10H2,(H,22,24,25). The highest BCUT2D eigenvalue weighted by atomic mass is 35.5. The smallest absolute Gasteiger partial charge is 0.261 e. The lowest BCUT2D eigenvalue weighted by Crippen LogP contribution is -2.15. The molecule has 136 valence electrons. The van der Waals surface area contributed by atoms with Gasteiger partial charge in [0, 0.05) is 11.8 Å². The molecule has 1 aliphatic heterocycles. The molecule has 0 fully saturated rings. The average Bonchev–Trinajstić information content (AvgIpc) is 3.11. The Labute approximate surface area is 158 Å². The molecule has 0 atom stereocenters. The Morgan fingerprint density at radius 2 is 1.89 bits per heavy atom. The Morgan fingerprint density at radius 3 is 2.67 bits per heavy atom. The largest absolute Gasteiger partial charge is 0.454 e. The van der Waals surface area contributed by atoms with E-state index in [1.807, 2.05) is 18.2 Å². The number of aromatic nitrogens is 1. The molecule has 0 bridgehead atoms. The normalized spacial score (nSPS) is 11.9. The van der Waals surface area contributed by atoms with Crippen molar-refractivity contribution in [3.8, 4) is 11.5 Å². The van der Waals surface area contributed by atoms with Crippen LogP contribution in [0.4, 0.5) is 21.6 Å². The number of amides is 1. The van der Waals surface area contributed by atoms with E-state index < -0.39 is 11.7 Å². The quantitative estimate of drug-likeness (QED) is 0.686. The minimum absolute atomic E-state index is 0.0357. The summed E-state index contributed by atoms with van der Waals surface area (Å²) in [6.45, 7) is 0.209. The van der Waals surface area contributed by atoms with Crippen molar-refractivity contribution in [3.05, 3.63) is 71.1 Å². The van der Waals surface area contributed by atoms with E-state index in [9.17, 15) is 9.18 Å². The molecule has 0 radical (unpaired) electrons. The highest BCUT2D eigenvalue weighted by Crippen LogP contribution is 2.35. The molecule has 2 N–H and O–H groups in total. The molecule has 2 aromatic carbocycles. The Kier molecular flexibility index (Phi) is 4.52. The van der Waals surface area contributed by atoms with E-state index in [0.29, 0.717) is 17.2 Å². The van der Waals surface area contributed by atoms with Crippen molar-refractivity contribution in [2.75, 3.05) is 17.4 Å². The predicted octanol–water partition coefficient (Wildman–Crippen LogP) is 4.60. The third-order valence-corrected chi connectivity index (χ3v) is 4.17. The first-order chi connectivity index (χ1) is 13.1. The van der Waals surface area contributed by atoms with Gasteiger partial charge in [0.15, 0.2) is 11.5 Å². The van der Waals surface area contributed by atoms with Crippen molar-refractivity contribution in [1.82, 2.24) is 4.98 Å². The molecule has 3 aromatic rings. The van der Waals surface area contributed by atoms with Crippen LogP contribution in [0.5, 0.6) is 11.5 Å². The molecular weight excluding hydrogens is 373 g/mol. The molecule has 8 heteroatoms. The molecule has 4 rings (SSSR count). The van der Waals surface area contributed by atoms with Crippen molar-refractivity contribution in [2.45, 2.75) is 0 Å².